The molecule has 0 aromatic heterocycles. The number of rotatable bonds is 1. The van der Waals surface area contributed by atoms with Gasteiger partial charge in [0.1, 0.15) is 5.60 Å². The Bertz CT molecular complexity index is 371. The van der Waals surface area contributed by atoms with Crippen LogP contribution in [0, 0.1) is 11.8 Å². The molecule has 1 aromatic carbocycles. The van der Waals surface area contributed by atoms with Crippen LogP contribution in [-0.2, 0) is 0 Å². The maximum atomic E-state index is 9.65. The molecule has 0 fully saturated rings. The van der Waals surface area contributed by atoms with E-state index in [1.165, 1.54) is 0 Å². The molecule has 0 saturated carbocycles. The lowest BCUT2D eigenvalue weighted by molar-refractivity contribution is 0.118. The van der Waals surface area contributed by atoms with Crippen molar-refractivity contribution in [3.63, 3.8) is 0 Å². The van der Waals surface area contributed by atoms with E-state index in [-0.39, 0.29) is 0 Å². The normalized spacial score (nSPS) is 14.0. The Morgan fingerprint density at radius 1 is 1.50 bits per heavy atom. The third-order valence-electron chi connectivity index (χ3n) is 1.99. The molecular weight excluding hydrogens is 196 g/mol. The van der Waals surface area contributed by atoms with Crippen LogP contribution in [0.3, 0.4) is 0 Å². The molecule has 0 amide bonds. The molecule has 0 aliphatic heterocycles. The minimum atomic E-state index is -0.914. The summed E-state index contributed by atoms with van der Waals surface area (Å²) in [7, 11) is 0. The van der Waals surface area contributed by atoms with Gasteiger partial charge in [0.2, 0.25) is 0 Å². The number of hydrogen-bond donors (Lipinski definition) is 1. The summed E-state index contributed by atoms with van der Waals surface area (Å²) >= 11 is 5.80. The van der Waals surface area contributed by atoms with E-state index in [9.17, 15) is 5.11 Å². The predicted molar refractivity (Wildman–Crippen MR) is 59.2 cm³/mol. The first-order valence-corrected chi connectivity index (χ1v) is 4.92. The van der Waals surface area contributed by atoms with Crippen LogP contribution in [0.5, 0.6) is 0 Å². The largest absolute Gasteiger partial charge is 0.378 e. The molecule has 14 heavy (non-hydrogen) atoms. The first kappa shape index (κ1) is 11.1. The number of hydrogen-bond acceptors (Lipinski definition) is 1. The van der Waals surface area contributed by atoms with Gasteiger partial charge in [-0.2, -0.15) is 0 Å². The van der Waals surface area contributed by atoms with Crippen LogP contribution in [0.25, 0.3) is 0 Å². The van der Waals surface area contributed by atoms with E-state index in [0.717, 1.165) is 5.56 Å². The van der Waals surface area contributed by atoms with Crippen molar-refractivity contribution in [1.29, 1.82) is 0 Å². The summed E-state index contributed by atoms with van der Waals surface area (Å²) in [5.74, 6) is 5.69. The smallest absolute Gasteiger partial charge is 0.122 e. The van der Waals surface area contributed by atoms with Gasteiger partial charge in [0.15, 0.2) is 0 Å². The number of halogens is 1. The minimum absolute atomic E-state index is 0.612. The fraction of sp³-hybridized carbons (Fsp3) is 0.333. The molecule has 1 N–H and O–H groups in total. The van der Waals surface area contributed by atoms with E-state index in [1.54, 1.807) is 19.1 Å². The van der Waals surface area contributed by atoms with Crippen LogP contribution in [0.1, 0.15) is 25.8 Å². The monoisotopic (exact) mass is 208 g/mol. The zero-order valence-electron chi connectivity index (χ0n) is 8.34. The van der Waals surface area contributed by atoms with Crippen molar-refractivity contribution in [3.05, 3.63) is 34.9 Å². The van der Waals surface area contributed by atoms with E-state index < -0.39 is 5.60 Å². The van der Waals surface area contributed by atoms with Gasteiger partial charge in [0.25, 0.3) is 0 Å². The van der Waals surface area contributed by atoms with E-state index in [1.807, 2.05) is 19.1 Å². The van der Waals surface area contributed by atoms with Gasteiger partial charge >= 0.3 is 0 Å². The summed E-state index contributed by atoms with van der Waals surface area (Å²) in [4.78, 5) is 0. The highest BCUT2D eigenvalue weighted by Crippen LogP contribution is 2.11. The molecule has 0 spiro atoms. The van der Waals surface area contributed by atoms with Crippen molar-refractivity contribution >= 4 is 11.6 Å². The first-order valence-electron chi connectivity index (χ1n) is 4.54. The van der Waals surface area contributed by atoms with Crippen molar-refractivity contribution in [3.8, 4) is 11.8 Å². The molecule has 1 rings (SSSR count). The molecule has 0 bridgehead atoms. The predicted octanol–water partition coefficient (Wildman–Crippen LogP) is 2.85. The molecule has 0 radical (unpaired) electrons. The van der Waals surface area contributed by atoms with Gasteiger partial charge in [-0.1, -0.05) is 36.4 Å². The summed E-state index contributed by atoms with van der Waals surface area (Å²) in [6.45, 7) is 3.59. The molecule has 0 saturated heterocycles. The highest BCUT2D eigenvalue weighted by atomic mass is 35.5. The summed E-state index contributed by atoms with van der Waals surface area (Å²) in [6, 6.07) is 7.28. The fourth-order valence-electron chi connectivity index (χ4n) is 0.861. The highest BCUT2D eigenvalue weighted by Gasteiger charge is 2.11. The van der Waals surface area contributed by atoms with Crippen molar-refractivity contribution in [2.45, 2.75) is 25.9 Å². The Morgan fingerprint density at radius 2 is 2.21 bits per heavy atom. The van der Waals surface area contributed by atoms with Crippen molar-refractivity contribution in [1.82, 2.24) is 0 Å². The van der Waals surface area contributed by atoms with Crippen LogP contribution in [0.15, 0.2) is 24.3 Å². The molecular formula is C12H13ClO. The number of benzene rings is 1. The third kappa shape index (κ3) is 3.41. The number of aliphatic hydroxyl groups is 1. The zero-order chi connectivity index (χ0) is 10.6. The SMILES string of the molecule is CCC(C)(O)C#Cc1cccc(Cl)c1. The van der Waals surface area contributed by atoms with E-state index in [0.29, 0.717) is 11.4 Å². The van der Waals surface area contributed by atoms with Crippen LogP contribution in [-0.4, -0.2) is 10.7 Å². The lowest BCUT2D eigenvalue weighted by Gasteiger charge is -2.11. The van der Waals surface area contributed by atoms with Crippen LogP contribution in [0.4, 0.5) is 0 Å². The molecule has 1 aromatic rings. The summed E-state index contributed by atoms with van der Waals surface area (Å²) in [5.41, 5.74) is -0.0892. The quantitative estimate of drug-likeness (QED) is 0.704. The van der Waals surface area contributed by atoms with Gasteiger partial charge in [-0.05, 0) is 31.5 Å². The Kier molecular flexibility index (Phi) is 3.57. The Hall–Kier alpha value is -0.970. The fourth-order valence-corrected chi connectivity index (χ4v) is 1.05. The zero-order valence-corrected chi connectivity index (χ0v) is 9.10. The average molecular weight is 209 g/mol. The van der Waals surface area contributed by atoms with Crippen molar-refractivity contribution in [2.24, 2.45) is 0 Å². The molecule has 0 aliphatic carbocycles. The lowest BCUT2D eigenvalue weighted by atomic mass is 10.0. The molecule has 1 atom stereocenters. The van der Waals surface area contributed by atoms with Gasteiger partial charge in [-0.3, -0.25) is 0 Å². The Labute approximate surface area is 89.7 Å². The lowest BCUT2D eigenvalue weighted by Crippen LogP contribution is -2.19. The first-order chi connectivity index (χ1) is 6.53. The molecule has 0 aliphatic rings. The second-order valence-corrected chi connectivity index (χ2v) is 3.82. The standard InChI is InChI=1S/C12H13ClO/c1-3-12(2,14)8-7-10-5-4-6-11(13)9-10/h4-6,9,14H,3H2,1-2H3. The molecule has 74 valence electrons. The third-order valence-corrected chi connectivity index (χ3v) is 2.22. The Balaban J connectivity index is 2.88. The van der Waals surface area contributed by atoms with Crippen LogP contribution in [0.2, 0.25) is 5.02 Å². The van der Waals surface area contributed by atoms with Crippen LogP contribution < -0.4 is 0 Å². The maximum absolute atomic E-state index is 9.65. The van der Waals surface area contributed by atoms with Gasteiger partial charge in [-0.25, -0.2) is 0 Å². The van der Waals surface area contributed by atoms with E-state index >= 15 is 0 Å². The minimum Gasteiger partial charge on any atom is -0.378 e. The van der Waals surface area contributed by atoms with E-state index in [4.69, 9.17) is 11.6 Å². The van der Waals surface area contributed by atoms with Gasteiger partial charge in [-0.15, -0.1) is 0 Å². The summed E-state index contributed by atoms with van der Waals surface area (Å²) in [6.07, 6.45) is 0.612. The van der Waals surface area contributed by atoms with Crippen molar-refractivity contribution < 1.29 is 5.11 Å². The second kappa shape index (κ2) is 4.50. The van der Waals surface area contributed by atoms with Gasteiger partial charge in [0, 0.05) is 10.6 Å². The highest BCUT2D eigenvalue weighted by molar-refractivity contribution is 6.30. The Morgan fingerprint density at radius 3 is 2.79 bits per heavy atom. The average Bonchev–Trinajstić information content (AvgIpc) is 2.15. The molecule has 2 heteroatoms. The second-order valence-electron chi connectivity index (χ2n) is 3.39. The topological polar surface area (TPSA) is 20.2 Å². The maximum Gasteiger partial charge on any atom is 0.122 e. The van der Waals surface area contributed by atoms with Gasteiger partial charge < -0.3 is 5.11 Å². The summed E-state index contributed by atoms with van der Waals surface area (Å²) in [5, 5.41) is 10.3. The van der Waals surface area contributed by atoms with E-state index in [2.05, 4.69) is 11.8 Å². The van der Waals surface area contributed by atoms with Crippen molar-refractivity contribution in [2.75, 3.05) is 0 Å². The molecule has 1 unspecified atom stereocenters. The molecule has 0 heterocycles. The van der Waals surface area contributed by atoms with Gasteiger partial charge in [0.05, 0.1) is 0 Å². The molecule has 1 nitrogen and oxygen atoms in total. The summed E-state index contributed by atoms with van der Waals surface area (Å²) < 4.78 is 0. The van der Waals surface area contributed by atoms with Crippen LogP contribution >= 0.6 is 11.6 Å².